The first-order valence-electron chi connectivity index (χ1n) is 11.5. The second-order valence-corrected chi connectivity index (χ2v) is 11.7. The Balaban J connectivity index is 1.38. The molecule has 15 heteroatoms. The van der Waals surface area contributed by atoms with Crippen molar-refractivity contribution in [2.24, 2.45) is 0 Å². The Kier molecular flexibility index (Phi) is 8.64. The van der Waals surface area contributed by atoms with Crippen LogP contribution in [0.1, 0.15) is 57.8 Å². The molecule has 196 valence electrons. The van der Waals surface area contributed by atoms with Crippen LogP contribution in [0.5, 0.6) is 0 Å². The van der Waals surface area contributed by atoms with Gasteiger partial charge in [0.15, 0.2) is 0 Å². The standard InChI is InChI=1S/C20H30N4O9S2/c25-14(6-2-1-5-13-17-12(11-34-13)22-19(30)23-17)21-10-4-3-9-20(18(28)29,35(31,32)33)24-15(26)7-8-16(24)27/h12-13,17H,1-11H2,(H,21,25)(H,28,29)(H2,22,23,30)(H,31,32,33)/p-1/t12-,13-,17-,20?/m0/s1. The van der Waals surface area contributed by atoms with Crippen LogP contribution in [0, 0.1) is 0 Å². The number of thioether (sulfide) groups is 1. The number of hydrogen-bond donors (Lipinski definition) is 4. The Bertz CT molecular complexity index is 973. The summed E-state index contributed by atoms with van der Waals surface area (Å²) in [6.07, 6.45) is 1.18. The van der Waals surface area contributed by atoms with Crippen LogP contribution in [0.2, 0.25) is 0 Å². The predicted octanol–water partition coefficient (Wildman–Crippen LogP) is -1.52. The maximum atomic E-state index is 12.1. The molecular weight excluding hydrogens is 504 g/mol. The number of nitrogens with one attached hydrogen (secondary N) is 3. The predicted molar refractivity (Wildman–Crippen MR) is 121 cm³/mol. The van der Waals surface area contributed by atoms with E-state index >= 15 is 0 Å². The first-order valence-corrected chi connectivity index (χ1v) is 14.0. The van der Waals surface area contributed by atoms with Crippen LogP contribution in [0.4, 0.5) is 4.79 Å². The summed E-state index contributed by atoms with van der Waals surface area (Å²) >= 11 is 1.80. The average molecular weight is 534 g/mol. The van der Waals surface area contributed by atoms with E-state index < -0.39 is 39.2 Å². The van der Waals surface area contributed by atoms with Gasteiger partial charge in [-0.15, -0.1) is 0 Å². The number of amides is 5. The molecule has 0 spiro atoms. The fraction of sp³-hybridized carbons (Fsp3) is 0.750. The van der Waals surface area contributed by atoms with E-state index in [9.17, 15) is 42.0 Å². The molecule has 1 unspecified atom stereocenters. The molecule has 3 aliphatic rings. The van der Waals surface area contributed by atoms with Crippen molar-refractivity contribution in [1.29, 1.82) is 0 Å². The number of carboxylic acids is 1. The number of carboxylic acid groups (broad SMARTS) is 1. The Morgan fingerprint density at radius 3 is 2.43 bits per heavy atom. The Hall–Kier alpha value is -2.39. The molecule has 3 fully saturated rings. The minimum absolute atomic E-state index is 0.0775. The van der Waals surface area contributed by atoms with E-state index in [0.29, 0.717) is 11.7 Å². The highest BCUT2D eigenvalue weighted by atomic mass is 32.2. The third-order valence-corrected chi connectivity index (χ3v) is 9.42. The van der Waals surface area contributed by atoms with Crippen LogP contribution >= 0.6 is 11.8 Å². The van der Waals surface area contributed by atoms with Crippen molar-refractivity contribution in [1.82, 2.24) is 20.9 Å². The minimum Gasteiger partial charge on any atom is -0.546 e. The third kappa shape index (κ3) is 5.89. The molecule has 0 aromatic carbocycles. The van der Waals surface area contributed by atoms with Crippen LogP contribution in [0.3, 0.4) is 0 Å². The van der Waals surface area contributed by atoms with Gasteiger partial charge in [-0.3, -0.25) is 23.8 Å². The molecule has 0 aromatic heterocycles. The molecule has 3 rings (SSSR count). The second kappa shape index (κ2) is 11.1. The number of unbranched alkanes of at least 4 members (excludes halogenated alkanes) is 2. The number of fused-ring (bicyclic) bond motifs is 1. The fourth-order valence-electron chi connectivity index (χ4n) is 4.71. The Morgan fingerprint density at radius 1 is 1.11 bits per heavy atom. The van der Waals surface area contributed by atoms with E-state index in [4.69, 9.17) is 0 Å². The first kappa shape index (κ1) is 27.2. The normalized spacial score (nSPS) is 25.7. The smallest absolute Gasteiger partial charge is 0.315 e. The summed E-state index contributed by atoms with van der Waals surface area (Å²) < 4.78 is 33.5. The summed E-state index contributed by atoms with van der Waals surface area (Å²) in [4.78, 5) is 56.1. The van der Waals surface area contributed by atoms with Gasteiger partial charge in [0.1, 0.15) is 0 Å². The van der Waals surface area contributed by atoms with E-state index in [2.05, 4.69) is 16.0 Å². The summed E-state index contributed by atoms with van der Waals surface area (Å²) in [7, 11) is -5.40. The molecule has 3 saturated heterocycles. The molecule has 0 radical (unpaired) electrons. The average Bonchev–Trinajstić information content (AvgIpc) is 3.42. The van der Waals surface area contributed by atoms with Crippen molar-refractivity contribution in [3.63, 3.8) is 0 Å². The summed E-state index contributed by atoms with van der Waals surface area (Å²) in [5.74, 6) is -3.63. The lowest BCUT2D eigenvalue weighted by molar-refractivity contribution is -0.313. The molecule has 4 atom stereocenters. The van der Waals surface area contributed by atoms with Crippen LogP contribution in [0.25, 0.3) is 0 Å². The van der Waals surface area contributed by atoms with Gasteiger partial charge in [-0.1, -0.05) is 6.42 Å². The van der Waals surface area contributed by atoms with E-state index in [1.54, 1.807) is 11.8 Å². The third-order valence-electron chi connectivity index (χ3n) is 6.50. The van der Waals surface area contributed by atoms with Gasteiger partial charge in [-0.05, 0) is 32.1 Å². The zero-order chi connectivity index (χ0) is 25.8. The summed E-state index contributed by atoms with van der Waals surface area (Å²) in [5.41, 5.74) is 0. The van der Waals surface area contributed by atoms with Gasteiger partial charge in [0.25, 0.3) is 10.1 Å². The van der Waals surface area contributed by atoms with E-state index in [-0.39, 0.29) is 67.6 Å². The fourth-order valence-corrected chi connectivity index (χ4v) is 7.30. The summed E-state index contributed by atoms with van der Waals surface area (Å²) in [6.45, 7) is 0.120. The molecule has 0 aromatic rings. The topological polar surface area (TPSA) is 202 Å². The van der Waals surface area contributed by atoms with E-state index in [1.165, 1.54) is 0 Å². The number of aliphatic carboxylic acids is 1. The molecule has 0 aliphatic carbocycles. The van der Waals surface area contributed by atoms with Crippen molar-refractivity contribution < 1.29 is 42.0 Å². The molecule has 0 bridgehead atoms. The summed E-state index contributed by atoms with van der Waals surface area (Å²) in [6, 6.07) is 0.124. The highest BCUT2D eigenvalue weighted by Gasteiger charge is 2.56. The van der Waals surface area contributed by atoms with E-state index in [1.807, 2.05) is 0 Å². The molecule has 13 nitrogen and oxygen atoms in total. The number of carbonyl (C=O) groups excluding carboxylic acids is 5. The SMILES string of the molecule is O=C(CCCC[C@@H]1SC[C@@H]2NC(=O)N[C@@H]21)NCCCCC(C(=O)[O-])(N1C(=O)CCC1=O)S(=O)(=O)O. The van der Waals surface area contributed by atoms with Crippen molar-refractivity contribution in [3.8, 4) is 0 Å². The lowest BCUT2D eigenvalue weighted by atomic mass is 10.0. The maximum absolute atomic E-state index is 12.1. The number of carbonyl (C=O) groups is 5. The lowest BCUT2D eigenvalue weighted by Gasteiger charge is -2.38. The highest BCUT2D eigenvalue weighted by molar-refractivity contribution is 8.00. The second-order valence-electron chi connectivity index (χ2n) is 8.84. The van der Waals surface area contributed by atoms with Gasteiger partial charge in [0.2, 0.25) is 22.6 Å². The van der Waals surface area contributed by atoms with Gasteiger partial charge < -0.3 is 25.9 Å². The van der Waals surface area contributed by atoms with Crippen LogP contribution in [-0.2, 0) is 29.3 Å². The zero-order valence-corrected chi connectivity index (χ0v) is 20.6. The van der Waals surface area contributed by atoms with Crippen molar-refractivity contribution in [2.75, 3.05) is 12.3 Å². The van der Waals surface area contributed by atoms with Gasteiger partial charge in [0, 0.05) is 36.8 Å². The van der Waals surface area contributed by atoms with Crippen LogP contribution in [0.15, 0.2) is 0 Å². The molecule has 3 heterocycles. The Morgan fingerprint density at radius 2 is 1.80 bits per heavy atom. The number of nitrogens with zero attached hydrogens (tertiary/aromatic N) is 1. The quantitative estimate of drug-likeness (QED) is 0.0932. The van der Waals surface area contributed by atoms with Gasteiger partial charge in [-0.25, -0.2) is 4.79 Å². The van der Waals surface area contributed by atoms with Crippen molar-refractivity contribution >= 4 is 51.6 Å². The maximum Gasteiger partial charge on any atom is 0.315 e. The Labute approximate surface area is 206 Å². The number of urea groups is 1. The number of rotatable bonds is 13. The number of imide groups is 1. The monoisotopic (exact) mass is 533 g/mol. The van der Waals surface area contributed by atoms with Gasteiger partial charge in [0.05, 0.1) is 18.1 Å². The highest BCUT2D eigenvalue weighted by Crippen LogP contribution is 2.34. The van der Waals surface area contributed by atoms with Crippen LogP contribution < -0.4 is 21.1 Å². The number of likely N-dealkylation sites (tertiary alicyclic amines) is 1. The molecule has 3 aliphatic heterocycles. The van der Waals surface area contributed by atoms with Crippen LogP contribution in [-0.4, -0.2) is 82.1 Å². The molecule has 0 saturated carbocycles. The minimum atomic E-state index is -5.40. The van der Waals surface area contributed by atoms with Gasteiger partial charge >= 0.3 is 6.03 Å². The zero-order valence-electron chi connectivity index (χ0n) is 19.0. The molecule has 5 amide bonds. The largest absolute Gasteiger partial charge is 0.546 e. The molecular formula is C20H29N4O9S2-. The molecule has 4 N–H and O–H groups in total. The van der Waals surface area contributed by atoms with Gasteiger partial charge in [-0.2, -0.15) is 20.2 Å². The molecule has 35 heavy (non-hydrogen) atoms. The van der Waals surface area contributed by atoms with Crippen molar-refractivity contribution in [2.45, 2.75) is 80.0 Å². The summed E-state index contributed by atoms with van der Waals surface area (Å²) in [5, 5.41) is 20.5. The number of hydrogen-bond acceptors (Lipinski definition) is 9. The first-order chi connectivity index (χ1) is 16.5. The van der Waals surface area contributed by atoms with E-state index in [0.717, 1.165) is 18.6 Å². The lowest BCUT2D eigenvalue weighted by Crippen LogP contribution is -2.65. The van der Waals surface area contributed by atoms with Crippen molar-refractivity contribution in [3.05, 3.63) is 0 Å².